The Kier molecular flexibility index (Phi) is 5.93. The molecule has 6 heteroatoms. The minimum Gasteiger partial charge on any atom is -0.496 e. The van der Waals surface area contributed by atoms with Crippen LogP contribution in [0.15, 0.2) is 24.3 Å². The third-order valence-corrected chi connectivity index (χ3v) is 5.86. The lowest BCUT2D eigenvalue weighted by atomic mass is 10.1. The Morgan fingerprint density at radius 3 is 2.73 bits per heavy atom. The summed E-state index contributed by atoms with van der Waals surface area (Å²) in [6, 6.07) is 7.61. The molecule has 1 aromatic heterocycles. The molecule has 2 amide bonds. The number of rotatable bonds is 4. The van der Waals surface area contributed by atoms with Gasteiger partial charge in [0.15, 0.2) is 0 Å². The molecule has 26 heavy (non-hydrogen) atoms. The van der Waals surface area contributed by atoms with Crippen LogP contribution in [0.25, 0.3) is 0 Å². The van der Waals surface area contributed by atoms with E-state index in [9.17, 15) is 9.59 Å². The first-order chi connectivity index (χ1) is 12.6. The van der Waals surface area contributed by atoms with Gasteiger partial charge in [-0.1, -0.05) is 18.6 Å². The highest BCUT2D eigenvalue weighted by molar-refractivity contribution is 7.14. The van der Waals surface area contributed by atoms with Crippen molar-refractivity contribution in [3.8, 4) is 5.75 Å². The Bertz CT molecular complexity index is 790. The Morgan fingerprint density at radius 2 is 1.92 bits per heavy atom. The van der Waals surface area contributed by atoms with E-state index in [4.69, 9.17) is 4.74 Å². The van der Waals surface area contributed by atoms with Gasteiger partial charge in [-0.25, -0.2) is 0 Å². The largest absolute Gasteiger partial charge is 0.496 e. The Labute approximate surface area is 157 Å². The minimum atomic E-state index is -0.262. The molecule has 1 heterocycles. The van der Waals surface area contributed by atoms with Crippen LogP contribution in [0.4, 0.5) is 0 Å². The summed E-state index contributed by atoms with van der Waals surface area (Å²) >= 11 is 1.54. The third kappa shape index (κ3) is 4.43. The molecule has 138 valence electrons. The van der Waals surface area contributed by atoms with Crippen LogP contribution in [0, 0.1) is 6.92 Å². The van der Waals surface area contributed by atoms with Crippen molar-refractivity contribution in [3.63, 3.8) is 0 Å². The summed E-state index contributed by atoms with van der Waals surface area (Å²) in [6.45, 7) is 1.95. The topological polar surface area (TPSA) is 67.4 Å². The van der Waals surface area contributed by atoms with Crippen molar-refractivity contribution in [3.05, 3.63) is 50.7 Å². The summed E-state index contributed by atoms with van der Waals surface area (Å²) in [6.07, 6.45) is 5.89. The number of carbonyl (C=O) groups excluding carboxylic acids is 2. The normalized spacial score (nSPS) is 13.5. The summed E-state index contributed by atoms with van der Waals surface area (Å²) in [7, 11) is 1.61. The van der Waals surface area contributed by atoms with Crippen molar-refractivity contribution in [1.29, 1.82) is 0 Å². The predicted molar refractivity (Wildman–Crippen MR) is 103 cm³/mol. The van der Waals surface area contributed by atoms with Gasteiger partial charge in [0.25, 0.3) is 5.91 Å². The van der Waals surface area contributed by atoms with Crippen molar-refractivity contribution in [2.75, 3.05) is 7.11 Å². The fraction of sp³-hybridized carbons (Fsp3) is 0.400. The van der Waals surface area contributed by atoms with Crippen LogP contribution in [0.3, 0.4) is 0 Å². The lowest BCUT2D eigenvalue weighted by molar-refractivity contribution is -0.121. The number of fused-ring (bicyclic) bond motifs is 1. The molecule has 5 nitrogen and oxygen atoms in total. The molecular formula is C20H24N2O3S. The van der Waals surface area contributed by atoms with E-state index in [1.807, 2.05) is 31.2 Å². The molecule has 0 aliphatic heterocycles. The number of methoxy groups -OCH3 is 1. The van der Waals surface area contributed by atoms with Crippen LogP contribution >= 0.6 is 11.3 Å². The van der Waals surface area contributed by atoms with Gasteiger partial charge in [0.1, 0.15) is 5.75 Å². The lowest BCUT2D eigenvalue weighted by Crippen LogP contribution is -2.42. The molecule has 0 radical (unpaired) electrons. The maximum atomic E-state index is 12.3. The summed E-state index contributed by atoms with van der Waals surface area (Å²) in [4.78, 5) is 26.4. The zero-order chi connectivity index (χ0) is 18.5. The van der Waals surface area contributed by atoms with Crippen LogP contribution < -0.4 is 15.6 Å². The number of hydrogen-bond acceptors (Lipinski definition) is 4. The number of amides is 2. The van der Waals surface area contributed by atoms with E-state index < -0.39 is 0 Å². The second-order valence-corrected chi connectivity index (χ2v) is 7.74. The predicted octanol–water partition coefficient (Wildman–Crippen LogP) is 3.34. The molecule has 0 bridgehead atoms. The first-order valence-electron chi connectivity index (χ1n) is 8.91. The average molecular weight is 372 g/mol. The van der Waals surface area contributed by atoms with Crippen LogP contribution in [-0.4, -0.2) is 18.9 Å². The lowest BCUT2D eigenvalue weighted by Gasteiger charge is -2.09. The van der Waals surface area contributed by atoms with Crippen molar-refractivity contribution in [2.45, 2.75) is 45.4 Å². The average Bonchev–Trinajstić information content (AvgIpc) is 2.92. The number of nitrogens with one attached hydrogen (secondary N) is 2. The van der Waals surface area contributed by atoms with Crippen LogP contribution in [-0.2, 0) is 24.1 Å². The van der Waals surface area contributed by atoms with Gasteiger partial charge in [-0.15, -0.1) is 11.3 Å². The van der Waals surface area contributed by atoms with Crippen molar-refractivity contribution in [1.82, 2.24) is 10.9 Å². The molecule has 0 fully saturated rings. The second kappa shape index (κ2) is 8.36. The van der Waals surface area contributed by atoms with E-state index in [2.05, 4.69) is 10.9 Å². The van der Waals surface area contributed by atoms with Gasteiger partial charge in [-0.3, -0.25) is 20.4 Å². The highest BCUT2D eigenvalue weighted by Crippen LogP contribution is 2.28. The highest BCUT2D eigenvalue weighted by atomic mass is 32.1. The first-order valence-corrected chi connectivity index (χ1v) is 9.72. The van der Waals surface area contributed by atoms with Crippen molar-refractivity contribution < 1.29 is 14.3 Å². The van der Waals surface area contributed by atoms with Crippen LogP contribution in [0.1, 0.15) is 50.5 Å². The maximum absolute atomic E-state index is 12.3. The van der Waals surface area contributed by atoms with Gasteiger partial charge in [0.2, 0.25) is 5.91 Å². The van der Waals surface area contributed by atoms with Crippen LogP contribution in [0.5, 0.6) is 5.75 Å². The third-order valence-electron chi connectivity index (χ3n) is 4.62. The smallest absolute Gasteiger partial charge is 0.279 e. The number of carbonyl (C=O) groups is 2. The molecule has 3 rings (SSSR count). The SMILES string of the molecule is COc1cc(CC(=O)NNC(=O)c2cc3c(s2)CCCCC3)ccc1C. The van der Waals surface area contributed by atoms with Crippen molar-refractivity contribution >= 4 is 23.2 Å². The zero-order valence-electron chi connectivity index (χ0n) is 15.2. The summed E-state index contributed by atoms with van der Waals surface area (Å²) < 4.78 is 5.27. The monoisotopic (exact) mass is 372 g/mol. The Hall–Kier alpha value is -2.34. The molecule has 0 spiro atoms. The van der Waals surface area contributed by atoms with Gasteiger partial charge in [0.05, 0.1) is 18.4 Å². The summed E-state index contributed by atoms with van der Waals surface area (Å²) in [5.41, 5.74) is 8.17. The number of thiophene rings is 1. The van der Waals surface area contributed by atoms with E-state index in [1.165, 1.54) is 41.0 Å². The molecule has 0 atom stereocenters. The summed E-state index contributed by atoms with van der Waals surface area (Å²) in [5.74, 6) is 0.236. The molecule has 1 aliphatic rings. The number of benzene rings is 1. The van der Waals surface area contributed by atoms with Gasteiger partial charge in [-0.2, -0.15) is 0 Å². The molecule has 1 aliphatic carbocycles. The first kappa shape index (κ1) is 18.5. The quantitative estimate of drug-likeness (QED) is 0.639. The van der Waals surface area contributed by atoms with Crippen molar-refractivity contribution in [2.24, 2.45) is 0 Å². The van der Waals surface area contributed by atoms with E-state index in [0.717, 1.165) is 29.7 Å². The number of aryl methyl sites for hydroxylation is 3. The van der Waals surface area contributed by atoms with E-state index in [1.54, 1.807) is 7.11 Å². The minimum absolute atomic E-state index is 0.178. The Balaban J connectivity index is 1.55. The zero-order valence-corrected chi connectivity index (χ0v) is 16.0. The molecule has 1 aromatic carbocycles. The Morgan fingerprint density at radius 1 is 1.12 bits per heavy atom. The second-order valence-electron chi connectivity index (χ2n) is 6.60. The summed E-state index contributed by atoms with van der Waals surface area (Å²) in [5, 5.41) is 0. The van der Waals surface area contributed by atoms with Gasteiger partial charge in [0, 0.05) is 4.88 Å². The van der Waals surface area contributed by atoms with Gasteiger partial charge < -0.3 is 4.74 Å². The van der Waals surface area contributed by atoms with Gasteiger partial charge in [-0.05, 0) is 61.4 Å². The number of ether oxygens (including phenoxy) is 1. The van der Waals surface area contributed by atoms with E-state index in [-0.39, 0.29) is 18.2 Å². The fourth-order valence-electron chi connectivity index (χ4n) is 3.17. The van der Waals surface area contributed by atoms with Gasteiger partial charge >= 0.3 is 0 Å². The molecule has 0 saturated carbocycles. The number of hydrazine groups is 1. The molecule has 2 N–H and O–H groups in total. The molecule has 2 aromatic rings. The molecular weight excluding hydrogens is 348 g/mol. The maximum Gasteiger partial charge on any atom is 0.279 e. The van der Waals surface area contributed by atoms with E-state index in [0.29, 0.717) is 4.88 Å². The van der Waals surface area contributed by atoms with E-state index >= 15 is 0 Å². The molecule has 0 unspecified atom stereocenters. The fourth-order valence-corrected chi connectivity index (χ4v) is 4.32. The highest BCUT2D eigenvalue weighted by Gasteiger charge is 2.17. The standard InChI is InChI=1S/C20H24N2O3S/c1-13-8-9-14(10-16(13)25-2)11-19(23)21-22-20(24)18-12-15-6-4-3-5-7-17(15)26-18/h8-10,12H,3-7,11H2,1-2H3,(H,21,23)(H,22,24). The molecule has 0 saturated heterocycles. The van der Waals surface area contributed by atoms with Crippen LogP contribution in [0.2, 0.25) is 0 Å². The number of hydrogen-bond donors (Lipinski definition) is 2.